The van der Waals surface area contributed by atoms with Gasteiger partial charge in [0.05, 0.1) is 39.0 Å². The maximum absolute atomic E-state index is 13.5. The van der Waals surface area contributed by atoms with Crippen LogP contribution in [0.4, 0.5) is 11.4 Å². The highest BCUT2D eigenvalue weighted by Crippen LogP contribution is 2.38. The Balaban J connectivity index is 0.825. The molecular weight excluding hydrogens is 906 g/mol. The number of nitrogens with one attached hydrogen (secondary N) is 2. The Kier molecular flexibility index (Phi) is 18.3. The third-order valence-corrected chi connectivity index (χ3v) is 14.1. The molecule has 3 N–H and O–H groups in total. The number of likely N-dealkylation sites (tertiary alicyclic amines) is 1. The number of carbonyl (C=O) groups is 2. The molecule has 2 aliphatic heterocycles. The molecule has 3 heterocycles. The Labute approximate surface area is 410 Å². The number of hydrogen-bond acceptors (Lipinski definition) is 12. The number of aromatic nitrogens is 1. The molecule has 13 nitrogen and oxygen atoms in total. The van der Waals surface area contributed by atoms with Gasteiger partial charge in [-0.25, -0.2) is 4.98 Å². The van der Waals surface area contributed by atoms with Crippen LogP contribution in [-0.2, 0) is 25.6 Å². The summed E-state index contributed by atoms with van der Waals surface area (Å²) in [5.41, 5.74) is 5.62. The molecule has 0 saturated carbocycles. The Bertz CT molecular complexity index is 2330. The predicted molar refractivity (Wildman–Crippen MR) is 271 cm³/mol. The highest BCUT2D eigenvalue weighted by Gasteiger charge is 2.50. The van der Waals surface area contributed by atoms with E-state index in [1.54, 1.807) is 29.5 Å². The first kappa shape index (κ1) is 51.9. The number of ether oxygens (including phenoxy) is 3. The lowest BCUT2D eigenvalue weighted by atomic mass is 9.86. The number of aryl methyl sites for hydroxylation is 1. The summed E-state index contributed by atoms with van der Waals surface area (Å²) in [6.07, 6.45) is 3.59. The highest BCUT2D eigenvalue weighted by atomic mass is 35.5. The van der Waals surface area contributed by atoms with Gasteiger partial charge in [0.2, 0.25) is 5.91 Å². The number of thiocarbonyl (C=S) groups is 1. The van der Waals surface area contributed by atoms with E-state index in [1.165, 1.54) is 9.78 Å². The molecule has 4 atom stereocenters. The molecular formula is C51H66ClN7O6S2. The highest BCUT2D eigenvalue weighted by molar-refractivity contribution is 7.81. The van der Waals surface area contributed by atoms with E-state index in [9.17, 15) is 20.0 Å². The number of hydrogen-bond donors (Lipinski definition) is 3. The minimum absolute atomic E-state index is 0.0156. The van der Waals surface area contributed by atoms with Crippen molar-refractivity contribution < 1.29 is 28.9 Å². The third-order valence-electron chi connectivity index (χ3n) is 12.4. The molecule has 2 fully saturated rings. The number of benzene rings is 3. The molecule has 1 aromatic heterocycles. The van der Waals surface area contributed by atoms with Crippen molar-refractivity contribution in [2.45, 2.75) is 111 Å². The lowest BCUT2D eigenvalue weighted by Crippen LogP contribution is -2.55. The molecule has 0 spiro atoms. The molecule has 16 heteroatoms. The average Bonchev–Trinajstić information content (AvgIpc) is 3.94. The second-order valence-electron chi connectivity index (χ2n) is 19.2. The quantitative estimate of drug-likeness (QED) is 0.0370. The summed E-state index contributed by atoms with van der Waals surface area (Å²) in [4.78, 5) is 37.7. The molecule has 1 unspecified atom stereocenters. The number of amides is 2. The zero-order valence-corrected chi connectivity index (χ0v) is 42.2. The maximum atomic E-state index is 13.5. The van der Waals surface area contributed by atoms with Gasteiger partial charge in [0.1, 0.15) is 30.2 Å². The number of anilines is 2. The molecule has 0 radical (unpaired) electrons. The summed E-state index contributed by atoms with van der Waals surface area (Å²) in [6, 6.07) is 22.6. The smallest absolute Gasteiger partial charge is 0.259 e. The van der Waals surface area contributed by atoms with Gasteiger partial charge in [-0.05, 0) is 130 Å². The van der Waals surface area contributed by atoms with Gasteiger partial charge in [0, 0.05) is 57.2 Å². The zero-order chi connectivity index (χ0) is 48.3. The number of aliphatic hydroxyl groups excluding tert-OH is 1. The lowest BCUT2D eigenvalue weighted by molar-refractivity contribution is -0.127. The van der Waals surface area contributed by atoms with E-state index >= 15 is 0 Å². The van der Waals surface area contributed by atoms with Crippen LogP contribution in [0.5, 0.6) is 5.75 Å². The van der Waals surface area contributed by atoms with Crippen molar-refractivity contribution in [2.24, 2.45) is 11.3 Å². The first-order valence-electron chi connectivity index (χ1n) is 23.2. The molecule has 2 saturated heterocycles. The third kappa shape index (κ3) is 13.6. The van der Waals surface area contributed by atoms with Crippen molar-refractivity contribution in [1.82, 2.24) is 20.5 Å². The number of unbranched alkanes of at least 4 members (excludes halogenated alkanes) is 2. The first-order valence-corrected chi connectivity index (χ1v) is 24.9. The summed E-state index contributed by atoms with van der Waals surface area (Å²) in [7, 11) is 0. The van der Waals surface area contributed by atoms with Gasteiger partial charge in [-0.2, -0.15) is 5.26 Å². The van der Waals surface area contributed by atoms with E-state index in [2.05, 4.69) is 72.5 Å². The number of aliphatic hydroxyl groups is 1. The predicted octanol–water partition coefficient (Wildman–Crippen LogP) is 8.88. The van der Waals surface area contributed by atoms with Gasteiger partial charge in [-0.15, -0.1) is 11.3 Å². The Morgan fingerprint density at radius 1 is 1.01 bits per heavy atom. The van der Waals surface area contributed by atoms with Crippen LogP contribution < -0.4 is 25.2 Å². The number of rotatable bonds is 23. The van der Waals surface area contributed by atoms with Crippen LogP contribution in [-0.4, -0.2) is 102 Å². The lowest BCUT2D eigenvalue weighted by Gasteiger charge is -2.38. The van der Waals surface area contributed by atoms with Crippen LogP contribution in [0.2, 0.25) is 5.02 Å². The summed E-state index contributed by atoms with van der Waals surface area (Å²) >= 11 is 13.7. The van der Waals surface area contributed by atoms with E-state index in [-0.39, 0.29) is 40.9 Å². The van der Waals surface area contributed by atoms with E-state index in [1.807, 2.05) is 61.5 Å². The van der Waals surface area contributed by atoms with Crippen LogP contribution in [0.3, 0.4) is 0 Å². The van der Waals surface area contributed by atoms with Crippen LogP contribution >= 0.6 is 35.2 Å². The maximum Gasteiger partial charge on any atom is 0.259 e. The fourth-order valence-corrected chi connectivity index (χ4v) is 10.1. The van der Waals surface area contributed by atoms with Gasteiger partial charge in [0.25, 0.3) is 5.91 Å². The molecule has 0 aliphatic carbocycles. The van der Waals surface area contributed by atoms with Crippen molar-refractivity contribution in [1.29, 1.82) is 5.26 Å². The van der Waals surface area contributed by atoms with E-state index in [0.29, 0.717) is 68.2 Å². The number of thiazole rings is 1. The summed E-state index contributed by atoms with van der Waals surface area (Å²) in [5, 5.41) is 27.8. The minimum Gasteiger partial charge on any atom is -0.494 e. The van der Waals surface area contributed by atoms with E-state index in [0.717, 1.165) is 60.5 Å². The Hall–Kier alpha value is -4.50. The molecule has 3 aromatic carbocycles. The monoisotopic (exact) mass is 971 g/mol. The molecule has 67 heavy (non-hydrogen) atoms. The first-order chi connectivity index (χ1) is 32.0. The standard InChI is InChI=1S/C51H66ClN7O6S2/c1-34-26-43(47(61)54-29-36-12-14-37(15-13-36)46-35(2)55-33-67-46)57(30-34)31-44(50(3,4)5)56-45(60)32-64-24-11-23-63-22-9-8-10-25-65-41-20-18-39(19-21-41)59-49(66)58(48(62)51(59,6)7)40-17-16-38(28-53)42(52)27-40/h12-21,27,33-34,43-44,47,54,61H,8-11,22-26,29-32H2,1-7H3,(H,56,60)/t34-,43+,44-,47?/m1/s1. The zero-order valence-electron chi connectivity index (χ0n) is 39.8. The second-order valence-corrected chi connectivity index (χ2v) is 20.8. The molecule has 4 aromatic rings. The van der Waals surface area contributed by atoms with E-state index in [4.69, 9.17) is 38.0 Å². The molecule has 6 rings (SSSR count). The Morgan fingerprint density at radius 2 is 1.70 bits per heavy atom. The van der Waals surface area contributed by atoms with Gasteiger partial charge < -0.3 is 29.5 Å². The summed E-state index contributed by atoms with van der Waals surface area (Å²) in [5.74, 6) is 0.817. The number of carbonyl (C=O) groups excluding carboxylic acids is 2. The topological polar surface area (TPSA) is 153 Å². The van der Waals surface area contributed by atoms with Gasteiger partial charge in [-0.1, -0.05) is 63.6 Å². The molecule has 0 bridgehead atoms. The molecule has 360 valence electrons. The van der Waals surface area contributed by atoms with Crippen LogP contribution in [0.25, 0.3) is 10.4 Å². The number of halogens is 1. The van der Waals surface area contributed by atoms with E-state index < -0.39 is 11.8 Å². The normalized spacial score (nSPS) is 18.3. The molecule has 2 amide bonds. The summed E-state index contributed by atoms with van der Waals surface area (Å²) < 4.78 is 17.6. The van der Waals surface area contributed by atoms with Crippen molar-refractivity contribution >= 4 is 63.5 Å². The van der Waals surface area contributed by atoms with Crippen molar-refractivity contribution in [3.05, 3.63) is 94.1 Å². The number of nitrogens with zero attached hydrogens (tertiary/aromatic N) is 5. The van der Waals surface area contributed by atoms with Gasteiger partial charge >= 0.3 is 0 Å². The summed E-state index contributed by atoms with van der Waals surface area (Å²) in [6.45, 7) is 18.5. The largest absolute Gasteiger partial charge is 0.494 e. The van der Waals surface area contributed by atoms with Crippen molar-refractivity contribution in [3.8, 4) is 22.3 Å². The van der Waals surface area contributed by atoms with Gasteiger partial charge in [0.15, 0.2) is 5.11 Å². The number of nitriles is 1. The average molecular weight is 973 g/mol. The van der Waals surface area contributed by atoms with Crippen molar-refractivity contribution in [3.63, 3.8) is 0 Å². The van der Waals surface area contributed by atoms with Crippen LogP contribution in [0, 0.1) is 29.6 Å². The van der Waals surface area contributed by atoms with Crippen LogP contribution in [0.1, 0.15) is 90.5 Å². The van der Waals surface area contributed by atoms with Crippen molar-refractivity contribution in [2.75, 3.05) is 55.9 Å². The second kappa shape index (κ2) is 23.7. The molecule has 2 aliphatic rings. The fraction of sp³-hybridized carbons (Fsp3) is 0.510. The fourth-order valence-electron chi connectivity index (χ4n) is 8.51. The minimum atomic E-state index is -0.941. The Morgan fingerprint density at radius 3 is 2.37 bits per heavy atom. The SMILES string of the molecule is Cc1ncsc1-c1ccc(CNC(O)[C@@H]2C[C@@H](C)CN2C[C@@H](NC(=O)COCCCOCCCCCOc2ccc(N3C(=S)N(c4ccc(C#N)c(Cl)c4)C(=O)C3(C)C)cc2)C(C)(C)C)cc1. The van der Waals surface area contributed by atoms with Crippen LogP contribution in [0.15, 0.2) is 72.2 Å². The van der Waals surface area contributed by atoms with Gasteiger partial charge in [-0.3, -0.25) is 24.7 Å².